The van der Waals surface area contributed by atoms with Crippen LogP contribution in [0.3, 0.4) is 0 Å². The molecule has 0 atom stereocenters. The molecule has 0 saturated heterocycles. The first-order chi connectivity index (χ1) is 11.7. The number of carbonyl (C=O) groups is 2. The Balaban J connectivity index is 2.13. The summed E-state index contributed by atoms with van der Waals surface area (Å²) in [6, 6.07) is 5.81. The average molecular weight is 367 g/mol. The van der Waals surface area contributed by atoms with E-state index >= 15 is 0 Å². The Hall–Kier alpha value is -1.75. The summed E-state index contributed by atoms with van der Waals surface area (Å²) in [5, 5.41) is 0. The van der Waals surface area contributed by atoms with Crippen LogP contribution in [0.4, 0.5) is 16.2 Å². The van der Waals surface area contributed by atoms with Gasteiger partial charge in [0.05, 0.1) is 5.69 Å². The molecule has 0 fully saturated rings. The smallest absolute Gasteiger partial charge is 0.414 e. The molecule has 0 aromatic heterocycles. The molecular formula is C19H27ClN2O3. The number of ether oxygens (including phenoxy) is 1. The maximum atomic E-state index is 12.4. The molecule has 1 aliphatic rings. The molecule has 1 aliphatic heterocycles. The topological polar surface area (TPSA) is 49.9 Å². The number of halogens is 1. The number of unbranched alkanes of at least 4 members (excludes halogenated alkanes) is 1. The van der Waals surface area contributed by atoms with Crippen LogP contribution in [0.1, 0.15) is 45.6 Å². The van der Waals surface area contributed by atoms with Crippen molar-refractivity contribution in [3.8, 4) is 0 Å². The summed E-state index contributed by atoms with van der Waals surface area (Å²) in [6.07, 6.45) is 2.53. The number of carbonyl (C=O) groups excluding carboxylic acids is 2. The number of rotatable bonds is 5. The molecule has 0 radical (unpaired) electrons. The van der Waals surface area contributed by atoms with Gasteiger partial charge in [0.2, 0.25) is 5.91 Å². The molecule has 1 aromatic rings. The average Bonchev–Trinajstić information content (AvgIpc) is 2.95. The van der Waals surface area contributed by atoms with Crippen molar-refractivity contribution < 1.29 is 14.3 Å². The standard InChI is InChI=1S/C19H27ClN2O3/c1-19(2,3)25-18(24)22-12-10-14-8-9-15(13-16(14)22)21(4)17(23)7-5-6-11-20/h8-9,13H,5-7,10-12H2,1-4H3. The molecule has 0 spiro atoms. The molecule has 0 aliphatic carbocycles. The van der Waals surface area contributed by atoms with E-state index in [9.17, 15) is 9.59 Å². The van der Waals surface area contributed by atoms with Crippen LogP contribution in [-0.4, -0.2) is 37.1 Å². The lowest BCUT2D eigenvalue weighted by Gasteiger charge is -2.25. The number of amides is 2. The minimum absolute atomic E-state index is 0.0480. The largest absolute Gasteiger partial charge is 0.443 e. The van der Waals surface area contributed by atoms with E-state index in [1.807, 2.05) is 39.0 Å². The Bertz CT molecular complexity index is 640. The zero-order valence-corrected chi connectivity index (χ0v) is 16.2. The molecule has 138 valence electrons. The van der Waals surface area contributed by atoms with Gasteiger partial charge in [-0.15, -0.1) is 11.6 Å². The minimum Gasteiger partial charge on any atom is -0.443 e. The summed E-state index contributed by atoms with van der Waals surface area (Å²) in [6.45, 7) is 6.16. The predicted octanol–water partition coefficient (Wildman–Crippen LogP) is 4.36. The van der Waals surface area contributed by atoms with Crippen LogP contribution in [-0.2, 0) is 16.0 Å². The van der Waals surface area contributed by atoms with E-state index in [0.717, 1.165) is 36.2 Å². The lowest BCUT2D eigenvalue weighted by molar-refractivity contribution is -0.118. The zero-order valence-electron chi connectivity index (χ0n) is 15.5. The minimum atomic E-state index is -0.535. The fraction of sp³-hybridized carbons (Fsp3) is 0.579. The third kappa shape index (κ3) is 5.11. The van der Waals surface area contributed by atoms with E-state index in [4.69, 9.17) is 16.3 Å². The second kappa shape index (κ2) is 8.09. The van der Waals surface area contributed by atoms with Gasteiger partial charge in [0.15, 0.2) is 0 Å². The number of hydrogen-bond donors (Lipinski definition) is 0. The van der Waals surface area contributed by atoms with E-state index in [1.165, 1.54) is 0 Å². The molecule has 2 amide bonds. The maximum Gasteiger partial charge on any atom is 0.414 e. The van der Waals surface area contributed by atoms with Gasteiger partial charge < -0.3 is 9.64 Å². The third-order valence-corrected chi connectivity index (χ3v) is 4.38. The summed E-state index contributed by atoms with van der Waals surface area (Å²) in [7, 11) is 1.76. The number of hydrogen-bond acceptors (Lipinski definition) is 3. The number of nitrogens with zero attached hydrogens (tertiary/aromatic N) is 2. The van der Waals surface area contributed by atoms with E-state index in [0.29, 0.717) is 18.8 Å². The number of anilines is 2. The van der Waals surface area contributed by atoms with Gasteiger partial charge in [0.25, 0.3) is 0 Å². The molecular weight excluding hydrogens is 340 g/mol. The van der Waals surface area contributed by atoms with Gasteiger partial charge in [-0.05, 0) is 57.7 Å². The van der Waals surface area contributed by atoms with Gasteiger partial charge in [-0.25, -0.2) is 4.79 Å². The Kier molecular flexibility index (Phi) is 6.33. The highest BCUT2D eigenvalue weighted by atomic mass is 35.5. The summed E-state index contributed by atoms with van der Waals surface area (Å²) in [5.41, 5.74) is 2.17. The van der Waals surface area contributed by atoms with E-state index < -0.39 is 5.60 Å². The van der Waals surface area contributed by atoms with E-state index in [-0.39, 0.29) is 12.0 Å². The van der Waals surface area contributed by atoms with Gasteiger partial charge in [-0.2, -0.15) is 0 Å². The van der Waals surface area contributed by atoms with Gasteiger partial charge in [-0.1, -0.05) is 6.07 Å². The van der Waals surface area contributed by atoms with Gasteiger partial charge in [0, 0.05) is 31.6 Å². The number of fused-ring (bicyclic) bond motifs is 1. The molecule has 0 unspecified atom stereocenters. The Morgan fingerprint density at radius 1 is 1.28 bits per heavy atom. The second-order valence-corrected chi connectivity index (χ2v) is 7.67. The van der Waals surface area contributed by atoms with Crippen LogP contribution in [0.2, 0.25) is 0 Å². The van der Waals surface area contributed by atoms with Crippen molar-refractivity contribution >= 4 is 35.0 Å². The third-order valence-electron chi connectivity index (χ3n) is 4.11. The highest BCUT2D eigenvalue weighted by Crippen LogP contribution is 2.33. The zero-order chi connectivity index (χ0) is 18.6. The molecule has 1 heterocycles. The van der Waals surface area contributed by atoms with Gasteiger partial charge in [0.1, 0.15) is 5.60 Å². The molecule has 5 nitrogen and oxygen atoms in total. The molecule has 25 heavy (non-hydrogen) atoms. The highest BCUT2D eigenvalue weighted by molar-refractivity contribution is 6.17. The monoisotopic (exact) mass is 366 g/mol. The lowest BCUT2D eigenvalue weighted by Crippen LogP contribution is -2.35. The van der Waals surface area contributed by atoms with Crippen molar-refractivity contribution in [1.29, 1.82) is 0 Å². The quantitative estimate of drug-likeness (QED) is 0.574. The van der Waals surface area contributed by atoms with Crippen molar-refractivity contribution in [3.63, 3.8) is 0 Å². The van der Waals surface area contributed by atoms with E-state index in [2.05, 4.69) is 0 Å². The normalized spacial score (nSPS) is 13.6. The summed E-state index contributed by atoms with van der Waals surface area (Å²) < 4.78 is 5.49. The fourth-order valence-electron chi connectivity index (χ4n) is 2.77. The van der Waals surface area contributed by atoms with Crippen molar-refractivity contribution in [3.05, 3.63) is 23.8 Å². The molecule has 0 N–H and O–H groups in total. The predicted molar refractivity (Wildman–Crippen MR) is 102 cm³/mol. The van der Waals surface area contributed by atoms with Crippen molar-refractivity contribution in [2.24, 2.45) is 0 Å². The van der Waals surface area contributed by atoms with Crippen molar-refractivity contribution in [2.45, 2.75) is 52.1 Å². The summed E-state index contributed by atoms with van der Waals surface area (Å²) in [5.74, 6) is 0.618. The lowest BCUT2D eigenvalue weighted by atomic mass is 10.1. The number of alkyl halides is 1. The van der Waals surface area contributed by atoms with Crippen LogP contribution in [0.25, 0.3) is 0 Å². The molecule has 0 saturated carbocycles. The summed E-state index contributed by atoms with van der Waals surface area (Å²) in [4.78, 5) is 28.0. The van der Waals surface area contributed by atoms with Crippen molar-refractivity contribution in [2.75, 3.05) is 29.3 Å². The SMILES string of the molecule is CN(C(=O)CCCCCl)c1ccc2c(c1)N(C(=O)OC(C)(C)C)CC2. The summed E-state index contributed by atoms with van der Waals surface area (Å²) >= 11 is 5.66. The molecule has 6 heteroatoms. The second-order valence-electron chi connectivity index (χ2n) is 7.29. The Morgan fingerprint density at radius 2 is 2.00 bits per heavy atom. The molecule has 0 bridgehead atoms. The van der Waals surface area contributed by atoms with Crippen LogP contribution in [0.15, 0.2) is 18.2 Å². The highest BCUT2D eigenvalue weighted by Gasteiger charge is 2.29. The van der Waals surface area contributed by atoms with Gasteiger partial charge >= 0.3 is 6.09 Å². The maximum absolute atomic E-state index is 12.4. The van der Waals surface area contributed by atoms with Crippen molar-refractivity contribution in [1.82, 2.24) is 0 Å². The Morgan fingerprint density at radius 3 is 2.64 bits per heavy atom. The molecule has 1 aromatic carbocycles. The van der Waals surface area contributed by atoms with Crippen LogP contribution in [0.5, 0.6) is 0 Å². The van der Waals surface area contributed by atoms with Crippen LogP contribution < -0.4 is 9.80 Å². The van der Waals surface area contributed by atoms with Crippen LogP contribution in [0, 0.1) is 0 Å². The first-order valence-electron chi connectivity index (χ1n) is 8.69. The first kappa shape index (κ1) is 19.6. The first-order valence-corrected chi connectivity index (χ1v) is 9.22. The van der Waals surface area contributed by atoms with Gasteiger partial charge in [-0.3, -0.25) is 9.69 Å². The fourth-order valence-corrected chi connectivity index (χ4v) is 2.95. The van der Waals surface area contributed by atoms with E-state index in [1.54, 1.807) is 16.8 Å². The van der Waals surface area contributed by atoms with Crippen LogP contribution >= 0.6 is 11.6 Å². The number of benzene rings is 1. The Labute approximate surface area is 154 Å². The molecule has 2 rings (SSSR count).